The van der Waals surface area contributed by atoms with E-state index in [0.29, 0.717) is 0 Å². The number of aromatic amines is 2. The molecule has 0 aliphatic rings. The quantitative estimate of drug-likeness (QED) is 0.199. The number of hydrogen-bond donors (Lipinski definition) is 4. The van der Waals surface area contributed by atoms with Gasteiger partial charge < -0.3 is 10.6 Å². The molecule has 0 amide bonds. The molecule has 0 unspecified atom stereocenters. The van der Waals surface area contributed by atoms with Crippen molar-refractivity contribution in [2.75, 3.05) is 10.6 Å². The smallest absolute Gasteiger partial charge is 0.189 e. The van der Waals surface area contributed by atoms with Gasteiger partial charge in [-0.05, 0) is 45.0 Å². The van der Waals surface area contributed by atoms with Crippen LogP contribution in [0.1, 0.15) is 15.4 Å². The molecule has 12 heteroatoms. The van der Waals surface area contributed by atoms with E-state index in [1.807, 2.05) is 62.6 Å². The van der Waals surface area contributed by atoms with Crippen molar-refractivity contribution >= 4 is 44.6 Å². The van der Waals surface area contributed by atoms with E-state index in [1.165, 1.54) is 0 Å². The Labute approximate surface area is 221 Å². The summed E-state index contributed by atoms with van der Waals surface area (Å²) in [5.74, 6) is 1.59. The monoisotopic (exact) mass is 528 g/mol. The Morgan fingerprint density at radius 2 is 1.35 bits per heavy atom. The molecule has 0 fully saturated rings. The van der Waals surface area contributed by atoms with Crippen molar-refractivity contribution in [1.29, 1.82) is 0 Å². The molecule has 0 aliphatic heterocycles. The summed E-state index contributed by atoms with van der Waals surface area (Å²) in [7, 11) is 0. The van der Waals surface area contributed by atoms with Crippen LogP contribution in [0.25, 0.3) is 22.5 Å². The van der Waals surface area contributed by atoms with E-state index in [0.717, 1.165) is 59.9 Å². The first-order valence-electron chi connectivity index (χ1n) is 11.4. The van der Waals surface area contributed by atoms with Crippen LogP contribution in [0.15, 0.2) is 67.4 Å². The molecule has 0 atom stereocenters. The van der Waals surface area contributed by atoms with Crippen molar-refractivity contribution in [2.45, 2.75) is 20.8 Å². The lowest BCUT2D eigenvalue weighted by Gasteiger charge is -1.99. The van der Waals surface area contributed by atoms with Crippen LogP contribution in [-0.2, 0) is 0 Å². The van der Waals surface area contributed by atoms with Crippen LogP contribution < -0.4 is 10.6 Å². The van der Waals surface area contributed by atoms with E-state index in [4.69, 9.17) is 0 Å². The number of nitrogens with zero attached hydrogens (tertiary/aromatic N) is 6. The summed E-state index contributed by atoms with van der Waals surface area (Å²) < 4.78 is 0. The highest BCUT2D eigenvalue weighted by atomic mass is 32.1. The molecule has 37 heavy (non-hydrogen) atoms. The van der Waals surface area contributed by atoms with Gasteiger partial charge in [0.05, 0.1) is 23.3 Å². The fourth-order valence-corrected chi connectivity index (χ4v) is 5.17. The molecule has 186 valence electrons. The summed E-state index contributed by atoms with van der Waals surface area (Å²) in [5, 5.41) is 21.8. The first kappa shape index (κ1) is 24.3. The lowest BCUT2D eigenvalue weighted by Crippen LogP contribution is -1.91. The second kappa shape index (κ2) is 11.1. The molecule has 6 heterocycles. The number of rotatable bonds is 6. The van der Waals surface area contributed by atoms with Crippen LogP contribution in [0.5, 0.6) is 0 Å². The van der Waals surface area contributed by atoms with Crippen LogP contribution in [0.2, 0.25) is 0 Å². The molecule has 6 aromatic rings. The summed E-state index contributed by atoms with van der Waals surface area (Å²) in [6.45, 7) is 6.07. The molecule has 10 nitrogen and oxygen atoms in total. The summed E-state index contributed by atoms with van der Waals surface area (Å²) in [5.41, 5.74) is 4.92. The standard InChI is InChI=1S/C13H13N5S.C12H11N5S/c1-8-10(7-15-18-8)12-9(2)19-13(17-12)16-11-5-3-4-6-14-11;1-8-11(9-6-14-15-7-9)17-12(18-8)16-10-4-2-3-5-13-10/h3-7H,1-2H3,(H,15,18)(H,14,16,17);2-7H,1H3,(H,14,15)(H,13,16,17). The Morgan fingerprint density at radius 1 is 0.730 bits per heavy atom. The fraction of sp³-hybridized carbons (Fsp3) is 0.120. The third-order valence-electron chi connectivity index (χ3n) is 5.25. The SMILES string of the molecule is Cc1n[nH]cc1-c1nc(Nc2ccccn2)sc1C.Cc1sc(Nc2ccccn2)nc1-c1cn[nH]c1. The van der Waals surface area contributed by atoms with Crippen molar-refractivity contribution in [2.24, 2.45) is 0 Å². The molecular weight excluding hydrogens is 504 g/mol. The Balaban J connectivity index is 0.000000152. The molecule has 0 aliphatic carbocycles. The highest BCUT2D eigenvalue weighted by molar-refractivity contribution is 7.16. The van der Waals surface area contributed by atoms with Gasteiger partial charge in [-0.15, -0.1) is 22.7 Å². The van der Waals surface area contributed by atoms with E-state index in [-0.39, 0.29) is 0 Å². The van der Waals surface area contributed by atoms with E-state index >= 15 is 0 Å². The van der Waals surface area contributed by atoms with E-state index < -0.39 is 0 Å². The summed E-state index contributed by atoms with van der Waals surface area (Å²) in [6.07, 6.45) is 8.99. The average Bonchev–Trinajstić information content (AvgIpc) is 3.70. The molecule has 0 bridgehead atoms. The zero-order valence-corrected chi connectivity index (χ0v) is 22.0. The van der Waals surface area contributed by atoms with Gasteiger partial charge in [-0.2, -0.15) is 10.2 Å². The predicted octanol–water partition coefficient (Wildman–Crippen LogP) is 6.27. The van der Waals surface area contributed by atoms with E-state index in [2.05, 4.69) is 57.9 Å². The second-order valence-corrected chi connectivity index (χ2v) is 10.3. The first-order valence-corrected chi connectivity index (χ1v) is 13.0. The summed E-state index contributed by atoms with van der Waals surface area (Å²) >= 11 is 3.22. The molecule has 6 aromatic heterocycles. The number of H-pyrrole nitrogens is 2. The maximum absolute atomic E-state index is 4.62. The average molecular weight is 529 g/mol. The minimum atomic E-state index is 0.796. The Hall–Kier alpha value is -4.42. The number of aryl methyl sites for hydroxylation is 3. The number of aromatic nitrogens is 8. The van der Waals surface area contributed by atoms with Gasteiger partial charge in [0.1, 0.15) is 11.6 Å². The van der Waals surface area contributed by atoms with Crippen LogP contribution in [0, 0.1) is 20.8 Å². The van der Waals surface area contributed by atoms with Gasteiger partial charge >= 0.3 is 0 Å². The minimum Gasteiger partial charge on any atom is -0.316 e. The maximum atomic E-state index is 4.62. The first-order chi connectivity index (χ1) is 18.1. The zero-order valence-electron chi connectivity index (χ0n) is 20.4. The van der Waals surface area contributed by atoms with Gasteiger partial charge in [0.15, 0.2) is 10.3 Å². The predicted molar refractivity (Wildman–Crippen MR) is 149 cm³/mol. The molecule has 0 spiro atoms. The van der Waals surface area contributed by atoms with Gasteiger partial charge in [-0.1, -0.05) is 12.1 Å². The largest absolute Gasteiger partial charge is 0.316 e. The maximum Gasteiger partial charge on any atom is 0.189 e. The summed E-state index contributed by atoms with van der Waals surface area (Å²) in [6, 6.07) is 11.5. The number of anilines is 4. The van der Waals surface area contributed by atoms with Gasteiger partial charge in [0.25, 0.3) is 0 Å². The van der Waals surface area contributed by atoms with Crippen LogP contribution in [0.3, 0.4) is 0 Å². The molecule has 0 saturated heterocycles. The fourth-order valence-electron chi connectivity index (χ4n) is 3.49. The normalized spacial score (nSPS) is 10.6. The lowest BCUT2D eigenvalue weighted by atomic mass is 10.2. The van der Waals surface area contributed by atoms with Crippen molar-refractivity contribution in [3.8, 4) is 22.5 Å². The number of thiazole rings is 2. The second-order valence-electron chi connectivity index (χ2n) is 7.90. The van der Waals surface area contributed by atoms with E-state index in [9.17, 15) is 0 Å². The molecule has 0 aromatic carbocycles. The molecule has 4 N–H and O–H groups in total. The van der Waals surface area contributed by atoms with Crippen molar-refractivity contribution in [3.63, 3.8) is 0 Å². The lowest BCUT2D eigenvalue weighted by molar-refractivity contribution is 1.05. The number of pyridine rings is 2. The van der Waals surface area contributed by atoms with Crippen LogP contribution in [-0.4, -0.2) is 40.3 Å². The van der Waals surface area contributed by atoms with Gasteiger partial charge in [-0.3, -0.25) is 10.2 Å². The Kier molecular flexibility index (Phi) is 7.28. The number of nitrogens with one attached hydrogen (secondary N) is 4. The third-order valence-corrected chi connectivity index (χ3v) is 7.02. The van der Waals surface area contributed by atoms with Crippen molar-refractivity contribution in [1.82, 2.24) is 40.3 Å². The minimum absolute atomic E-state index is 0.796. The number of hydrogen-bond acceptors (Lipinski definition) is 10. The topological polar surface area (TPSA) is 133 Å². The van der Waals surface area contributed by atoms with Gasteiger partial charge in [-0.25, -0.2) is 19.9 Å². The Morgan fingerprint density at radius 3 is 1.86 bits per heavy atom. The molecule has 0 radical (unpaired) electrons. The summed E-state index contributed by atoms with van der Waals surface area (Å²) in [4.78, 5) is 19.9. The molecule has 0 saturated carbocycles. The van der Waals surface area contributed by atoms with Crippen molar-refractivity contribution < 1.29 is 0 Å². The van der Waals surface area contributed by atoms with Gasteiger partial charge in [0, 0.05) is 45.7 Å². The molecular formula is C25H24N10S2. The van der Waals surface area contributed by atoms with Crippen LogP contribution in [0.4, 0.5) is 21.9 Å². The van der Waals surface area contributed by atoms with Crippen LogP contribution >= 0.6 is 22.7 Å². The third kappa shape index (κ3) is 5.88. The highest BCUT2D eigenvalue weighted by Gasteiger charge is 2.14. The van der Waals surface area contributed by atoms with Crippen molar-refractivity contribution in [3.05, 3.63) is 82.8 Å². The highest BCUT2D eigenvalue weighted by Crippen LogP contribution is 2.33. The molecule has 6 rings (SSSR count). The zero-order chi connectivity index (χ0) is 25.6. The van der Waals surface area contributed by atoms with E-state index in [1.54, 1.807) is 41.3 Å². The Bertz CT molecular complexity index is 1550. The van der Waals surface area contributed by atoms with Gasteiger partial charge in [0.2, 0.25) is 0 Å².